The number of nitrogens with one attached hydrogen (secondary N) is 1. The van der Waals surface area contributed by atoms with Crippen molar-refractivity contribution in [3.05, 3.63) is 58.0 Å². The Bertz CT molecular complexity index is 1560. The van der Waals surface area contributed by atoms with E-state index in [9.17, 15) is 5.11 Å². The summed E-state index contributed by atoms with van der Waals surface area (Å²) in [5.74, 6) is 0.468. The van der Waals surface area contributed by atoms with Crippen molar-refractivity contribution in [2.75, 3.05) is 19.4 Å². The molecule has 6 nitrogen and oxygen atoms in total. The van der Waals surface area contributed by atoms with Gasteiger partial charge >= 0.3 is 0 Å². The number of rotatable bonds is 21. The maximum atomic E-state index is 10.1. The number of fused-ring (bicyclic) bond motifs is 1. The summed E-state index contributed by atoms with van der Waals surface area (Å²) in [5.41, 5.74) is 11.7. The Morgan fingerprint density at radius 3 is 1.98 bits per heavy atom. The average Bonchev–Trinajstić information content (AvgIpc) is 3.06. The van der Waals surface area contributed by atoms with Crippen molar-refractivity contribution in [3.63, 3.8) is 0 Å². The highest BCUT2D eigenvalue weighted by atomic mass is 32.1. The summed E-state index contributed by atoms with van der Waals surface area (Å²) < 4.78 is 5.81. The predicted molar refractivity (Wildman–Crippen MR) is 198 cm³/mol. The van der Waals surface area contributed by atoms with Gasteiger partial charge in [-0.15, -0.1) is 0 Å². The van der Waals surface area contributed by atoms with Crippen molar-refractivity contribution >= 4 is 39.6 Å². The average molecular weight is 661 g/mol. The van der Waals surface area contributed by atoms with Gasteiger partial charge in [0, 0.05) is 12.1 Å². The number of methoxy groups -OCH3 is 1. The second kappa shape index (κ2) is 19.6. The molecule has 0 spiro atoms. The zero-order valence-corrected chi connectivity index (χ0v) is 29.4. The van der Waals surface area contributed by atoms with Gasteiger partial charge in [-0.05, 0) is 60.1 Å². The van der Waals surface area contributed by atoms with Gasteiger partial charge in [0.2, 0.25) is 0 Å². The van der Waals surface area contributed by atoms with Crippen LogP contribution in [0.3, 0.4) is 0 Å². The maximum Gasteiger partial charge on any atom is 0.184 e. The fourth-order valence-electron chi connectivity index (χ4n) is 5.98. The molecular weight excluding hydrogens is 609 g/mol. The van der Waals surface area contributed by atoms with Crippen LogP contribution in [0, 0.1) is 3.95 Å². The van der Waals surface area contributed by atoms with Gasteiger partial charge in [-0.2, -0.15) is 0 Å². The fraction of sp³-hybridized carbons (Fsp3) is 0.500. The molecule has 2 heterocycles. The summed E-state index contributed by atoms with van der Waals surface area (Å²) in [5, 5.41) is 15.1. The van der Waals surface area contributed by atoms with E-state index >= 15 is 0 Å². The number of nitrogen functional groups attached to an aromatic ring is 1. The molecule has 0 aliphatic heterocycles. The number of phenolic OH excluding ortho intramolecular Hbond substituents is 1. The number of aromatic nitrogens is 2. The summed E-state index contributed by atoms with van der Waals surface area (Å²) >= 11 is 6.63. The Hall–Kier alpha value is -3.07. The molecule has 0 aliphatic carbocycles. The molecule has 46 heavy (non-hydrogen) atoms. The SMILES string of the molecule is CCCCCCCCCCCCCCCCCNCc1ccc(-c2cc(-c3ccc(O)c(OC)c3)c3c(N)sc(=S)nc3n2)cc1. The van der Waals surface area contributed by atoms with Gasteiger partial charge in [0.1, 0.15) is 5.00 Å². The Morgan fingerprint density at radius 2 is 1.37 bits per heavy atom. The Balaban J connectivity index is 1.21. The monoisotopic (exact) mass is 660 g/mol. The molecule has 4 rings (SSSR count). The van der Waals surface area contributed by atoms with E-state index in [1.54, 1.807) is 12.1 Å². The number of anilines is 1. The second-order valence-electron chi connectivity index (χ2n) is 12.3. The first-order valence-corrected chi connectivity index (χ1v) is 18.5. The number of hydrogen-bond acceptors (Lipinski definition) is 8. The van der Waals surface area contributed by atoms with Crippen molar-refractivity contribution in [1.29, 1.82) is 0 Å². The highest BCUT2D eigenvalue weighted by Crippen LogP contribution is 2.39. The summed E-state index contributed by atoms with van der Waals surface area (Å²) in [6.45, 7) is 4.18. The van der Waals surface area contributed by atoms with Gasteiger partial charge in [-0.1, -0.05) is 138 Å². The number of unbranched alkanes of at least 4 members (excludes halogenated alkanes) is 14. The molecule has 0 unspecified atom stereocenters. The lowest BCUT2D eigenvalue weighted by atomic mass is 9.99. The van der Waals surface area contributed by atoms with Crippen LogP contribution in [0.2, 0.25) is 0 Å². The minimum absolute atomic E-state index is 0.0791. The zero-order chi connectivity index (χ0) is 32.6. The third-order valence-electron chi connectivity index (χ3n) is 8.67. The Kier molecular flexibility index (Phi) is 15.2. The normalized spacial score (nSPS) is 11.3. The number of nitrogens with zero attached hydrogens (tertiary/aromatic N) is 2. The number of phenols is 1. The van der Waals surface area contributed by atoms with E-state index < -0.39 is 0 Å². The van der Waals surface area contributed by atoms with Gasteiger partial charge in [-0.25, -0.2) is 9.97 Å². The minimum Gasteiger partial charge on any atom is -0.504 e. The van der Waals surface area contributed by atoms with Crippen LogP contribution < -0.4 is 15.8 Å². The van der Waals surface area contributed by atoms with Crippen LogP contribution in [-0.4, -0.2) is 28.7 Å². The standard InChI is InChI=1S/C38H52N4O2S2/c1-3-4-5-6-7-8-9-10-11-12-13-14-15-16-17-24-40-27-28-18-20-29(21-19-28)32-26-31(30-22-23-33(43)34(25-30)44-2)35-36(39)46-38(45)42-37(35)41-32/h18-23,25-26,40,43H,3-17,24,27,39H2,1-2H3. The van der Waals surface area contributed by atoms with E-state index in [1.165, 1.54) is 120 Å². The van der Waals surface area contributed by atoms with Gasteiger partial charge in [0.05, 0.1) is 18.2 Å². The zero-order valence-electron chi connectivity index (χ0n) is 27.8. The van der Waals surface area contributed by atoms with E-state index in [1.807, 2.05) is 12.1 Å². The molecule has 0 amide bonds. The van der Waals surface area contributed by atoms with Gasteiger partial charge in [0.15, 0.2) is 21.1 Å². The molecule has 0 bridgehead atoms. The first-order valence-electron chi connectivity index (χ1n) is 17.3. The molecule has 248 valence electrons. The Labute approximate surface area is 284 Å². The van der Waals surface area contributed by atoms with Crippen molar-refractivity contribution in [2.24, 2.45) is 0 Å². The Morgan fingerprint density at radius 1 is 0.783 bits per heavy atom. The van der Waals surface area contributed by atoms with Crippen LogP contribution in [0.15, 0.2) is 48.5 Å². The van der Waals surface area contributed by atoms with E-state index in [0.717, 1.165) is 40.9 Å². The van der Waals surface area contributed by atoms with Crippen molar-refractivity contribution in [1.82, 2.24) is 15.3 Å². The smallest absolute Gasteiger partial charge is 0.184 e. The molecule has 2 aromatic heterocycles. The number of hydrogen-bond donors (Lipinski definition) is 3. The van der Waals surface area contributed by atoms with Crippen LogP contribution in [0.4, 0.5) is 5.00 Å². The van der Waals surface area contributed by atoms with E-state index in [4.69, 9.17) is 27.7 Å². The molecular formula is C38H52N4O2S2. The molecule has 0 radical (unpaired) electrons. The molecule has 0 saturated carbocycles. The lowest BCUT2D eigenvalue weighted by molar-refractivity contribution is 0.373. The maximum absolute atomic E-state index is 10.1. The van der Waals surface area contributed by atoms with Gasteiger partial charge in [-0.3, -0.25) is 0 Å². The molecule has 0 atom stereocenters. The number of benzene rings is 2. The van der Waals surface area contributed by atoms with Crippen LogP contribution in [-0.2, 0) is 6.54 Å². The van der Waals surface area contributed by atoms with E-state index in [0.29, 0.717) is 20.4 Å². The quantitative estimate of drug-likeness (QED) is 0.0605. The number of aromatic hydroxyl groups is 1. The first kappa shape index (κ1) is 35.8. The topological polar surface area (TPSA) is 93.3 Å². The number of nitrogens with two attached hydrogens (primary N) is 1. The molecule has 2 aromatic carbocycles. The largest absolute Gasteiger partial charge is 0.504 e. The molecule has 0 saturated heterocycles. The first-order chi connectivity index (χ1) is 22.5. The predicted octanol–water partition coefficient (Wildman–Crippen LogP) is 11.0. The van der Waals surface area contributed by atoms with E-state index in [2.05, 4.69) is 41.5 Å². The van der Waals surface area contributed by atoms with Crippen molar-refractivity contribution in [3.8, 4) is 33.9 Å². The van der Waals surface area contributed by atoms with Gasteiger partial charge < -0.3 is 20.9 Å². The third-order valence-corrected chi connectivity index (χ3v) is 9.70. The van der Waals surface area contributed by atoms with E-state index in [-0.39, 0.29) is 5.75 Å². The lowest BCUT2D eigenvalue weighted by Crippen LogP contribution is -2.14. The van der Waals surface area contributed by atoms with Crippen molar-refractivity contribution < 1.29 is 9.84 Å². The van der Waals surface area contributed by atoms with Crippen molar-refractivity contribution in [2.45, 2.75) is 110 Å². The molecule has 4 N–H and O–H groups in total. The molecule has 0 aliphatic rings. The molecule has 8 heteroatoms. The summed E-state index contributed by atoms with van der Waals surface area (Å²) in [6, 6.07) is 15.8. The number of ether oxygens (including phenoxy) is 1. The highest BCUT2D eigenvalue weighted by Gasteiger charge is 2.16. The third kappa shape index (κ3) is 11.0. The number of pyridine rings is 1. The van der Waals surface area contributed by atoms with Crippen LogP contribution >= 0.6 is 23.6 Å². The minimum atomic E-state index is 0.0791. The van der Waals surface area contributed by atoms with Crippen LogP contribution in [0.25, 0.3) is 33.4 Å². The highest BCUT2D eigenvalue weighted by molar-refractivity contribution is 7.73. The van der Waals surface area contributed by atoms with Crippen LogP contribution in [0.1, 0.15) is 109 Å². The fourth-order valence-corrected chi connectivity index (χ4v) is 6.96. The summed E-state index contributed by atoms with van der Waals surface area (Å²) in [4.78, 5) is 9.39. The molecule has 4 aromatic rings. The summed E-state index contributed by atoms with van der Waals surface area (Å²) in [6.07, 6.45) is 20.8. The summed E-state index contributed by atoms with van der Waals surface area (Å²) in [7, 11) is 1.54. The lowest BCUT2D eigenvalue weighted by Gasteiger charge is -2.13. The van der Waals surface area contributed by atoms with Crippen LogP contribution in [0.5, 0.6) is 11.5 Å². The second-order valence-corrected chi connectivity index (χ2v) is 14.0. The van der Waals surface area contributed by atoms with Gasteiger partial charge in [0.25, 0.3) is 0 Å². The molecule has 0 fully saturated rings.